The summed E-state index contributed by atoms with van der Waals surface area (Å²) in [6.07, 6.45) is 0.398. The number of halogens is 2. The maximum Gasteiger partial charge on any atom is 0.267 e. The summed E-state index contributed by atoms with van der Waals surface area (Å²) >= 11 is 13.3. The van der Waals surface area contributed by atoms with Crippen molar-refractivity contribution < 1.29 is 9.90 Å². The van der Waals surface area contributed by atoms with Crippen LogP contribution in [0.15, 0.2) is 29.6 Å². The predicted molar refractivity (Wildman–Crippen MR) is 87.3 cm³/mol. The van der Waals surface area contributed by atoms with Crippen LogP contribution < -0.4 is 5.32 Å². The molecule has 2 N–H and O–H groups in total. The van der Waals surface area contributed by atoms with Crippen molar-refractivity contribution in [3.8, 4) is 11.8 Å². The third-order valence-electron chi connectivity index (χ3n) is 2.51. The number of hydrogen-bond acceptors (Lipinski definition) is 3. The molecule has 0 saturated heterocycles. The zero-order valence-corrected chi connectivity index (χ0v) is 13.1. The topological polar surface area (TPSA) is 49.3 Å². The second-order valence-corrected chi connectivity index (χ2v) is 5.75. The van der Waals surface area contributed by atoms with Crippen LogP contribution in [0.4, 0.5) is 5.69 Å². The van der Waals surface area contributed by atoms with Gasteiger partial charge in [-0.15, -0.1) is 11.3 Å². The third-order valence-corrected chi connectivity index (χ3v) is 4.18. The highest BCUT2D eigenvalue weighted by Gasteiger charge is 2.13. The zero-order valence-electron chi connectivity index (χ0n) is 10.8. The monoisotopic (exact) mass is 339 g/mol. The molecule has 0 saturated carbocycles. The molecule has 0 bridgehead atoms. The van der Waals surface area contributed by atoms with Crippen molar-refractivity contribution in [3.63, 3.8) is 0 Å². The van der Waals surface area contributed by atoms with E-state index in [4.69, 9.17) is 28.3 Å². The summed E-state index contributed by atoms with van der Waals surface area (Å²) in [5.74, 6) is 5.39. The highest BCUT2D eigenvalue weighted by Crippen LogP contribution is 2.26. The maximum atomic E-state index is 12.1. The lowest BCUT2D eigenvalue weighted by Crippen LogP contribution is -2.11. The molecule has 1 aromatic carbocycles. The van der Waals surface area contributed by atoms with Crippen molar-refractivity contribution in [1.29, 1.82) is 0 Å². The molecular weight excluding hydrogens is 329 g/mol. The quantitative estimate of drug-likeness (QED) is 0.829. The Morgan fingerprint density at radius 2 is 2.10 bits per heavy atom. The normalized spacial score (nSPS) is 9.86. The first-order valence-electron chi connectivity index (χ1n) is 6.05. The van der Waals surface area contributed by atoms with Crippen molar-refractivity contribution in [2.75, 3.05) is 11.9 Å². The van der Waals surface area contributed by atoms with Crippen LogP contribution >= 0.6 is 34.5 Å². The van der Waals surface area contributed by atoms with E-state index >= 15 is 0 Å². The SMILES string of the molecule is O=C(Nc1cc(C#CCCO)ccc1Cl)c1sccc1Cl. The Kier molecular flexibility index (Phi) is 5.66. The summed E-state index contributed by atoms with van der Waals surface area (Å²) in [6.45, 7) is 0.0149. The average Bonchev–Trinajstić information content (AvgIpc) is 2.89. The molecule has 1 heterocycles. The summed E-state index contributed by atoms with van der Waals surface area (Å²) in [6, 6.07) is 6.77. The molecule has 3 nitrogen and oxygen atoms in total. The van der Waals surface area contributed by atoms with Gasteiger partial charge in [0.1, 0.15) is 4.88 Å². The number of thiophene rings is 1. The Morgan fingerprint density at radius 3 is 2.76 bits per heavy atom. The van der Waals surface area contributed by atoms with Crippen molar-refractivity contribution in [3.05, 3.63) is 50.1 Å². The number of rotatable bonds is 3. The van der Waals surface area contributed by atoms with Crippen LogP contribution in [0.5, 0.6) is 0 Å². The first-order valence-corrected chi connectivity index (χ1v) is 7.69. The van der Waals surface area contributed by atoms with Gasteiger partial charge in [-0.1, -0.05) is 35.0 Å². The van der Waals surface area contributed by atoms with Crippen LogP contribution in [0.2, 0.25) is 10.0 Å². The molecule has 108 valence electrons. The molecular formula is C15H11Cl2NO2S. The van der Waals surface area contributed by atoms with Gasteiger partial charge in [0.2, 0.25) is 0 Å². The number of amides is 1. The molecule has 0 spiro atoms. The minimum Gasteiger partial charge on any atom is -0.395 e. The fourth-order valence-corrected chi connectivity index (χ4v) is 2.75. The number of carbonyl (C=O) groups is 1. The van der Waals surface area contributed by atoms with Crippen molar-refractivity contribution in [2.45, 2.75) is 6.42 Å². The highest BCUT2D eigenvalue weighted by molar-refractivity contribution is 7.12. The van der Waals surface area contributed by atoms with Gasteiger partial charge in [-0.25, -0.2) is 0 Å². The smallest absolute Gasteiger partial charge is 0.267 e. The number of nitrogens with one attached hydrogen (secondary N) is 1. The number of carbonyl (C=O) groups excluding carboxylic acids is 1. The summed E-state index contributed by atoms with van der Waals surface area (Å²) in [5, 5.41) is 14.0. The molecule has 0 atom stereocenters. The van der Waals surface area contributed by atoms with Crippen LogP contribution in [-0.4, -0.2) is 17.6 Å². The van der Waals surface area contributed by atoms with Gasteiger partial charge < -0.3 is 10.4 Å². The Labute approximate surface area is 136 Å². The number of anilines is 1. The van der Waals surface area contributed by atoms with E-state index in [2.05, 4.69) is 17.2 Å². The molecule has 0 fully saturated rings. The molecule has 0 aliphatic rings. The maximum absolute atomic E-state index is 12.1. The van der Waals surface area contributed by atoms with E-state index in [9.17, 15) is 4.79 Å². The van der Waals surface area contributed by atoms with E-state index in [1.54, 1.807) is 29.6 Å². The fourth-order valence-electron chi connectivity index (χ4n) is 1.55. The Balaban J connectivity index is 2.20. The molecule has 0 aliphatic heterocycles. The molecule has 1 aromatic heterocycles. The number of aliphatic hydroxyl groups excluding tert-OH is 1. The number of aliphatic hydroxyl groups is 1. The molecule has 2 aromatic rings. The van der Waals surface area contributed by atoms with E-state index in [1.165, 1.54) is 11.3 Å². The number of benzene rings is 1. The average molecular weight is 340 g/mol. The lowest BCUT2D eigenvalue weighted by Gasteiger charge is -2.07. The van der Waals surface area contributed by atoms with E-state index in [0.717, 1.165) is 0 Å². The van der Waals surface area contributed by atoms with Gasteiger partial charge in [0, 0.05) is 12.0 Å². The van der Waals surface area contributed by atoms with Gasteiger partial charge in [0.25, 0.3) is 5.91 Å². The number of hydrogen-bond donors (Lipinski definition) is 2. The highest BCUT2D eigenvalue weighted by atomic mass is 35.5. The third kappa shape index (κ3) is 4.23. The van der Waals surface area contributed by atoms with E-state index in [0.29, 0.717) is 32.6 Å². The molecule has 21 heavy (non-hydrogen) atoms. The lowest BCUT2D eigenvalue weighted by atomic mass is 10.2. The van der Waals surface area contributed by atoms with Crippen LogP contribution in [0.3, 0.4) is 0 Å². The first kappa shape index (κ1) is 15.9. The Hall–Kier alpha value is -1.51. The van der Waals surface area contributed by atoms with Crippen LogP contribution in [0.25, 0.3) is 0 Å². The lowest BCUT2D eigenvalue weighted by molar-refractivity contribution is 0.103. The van der Waals surface area contributed by atoms with Gasteiger partial charge in [-0.3, -0.25) is 4.79 Å². The standard InChI is InChI=1S/C15H11Cl2NO2S/c16-11-5-4-10(3-1-2-7-19)9-13(11)18-15(20)14-12(17)6-8-21-14/h4-6,8-9,19H,2,7H2,(H,18,20). The first-order chi connectivity index (χ1) is 10.1. The molecule has 2 rings (SSSR count). The Morgan fingerprint density at radius 1 is 1.29 bits per heavy atom. The van der Waals surface area contributed by atoms with E-state index in [1.807, 2.05) is 0 Å². The largest absolute Gasteiger partial charge is 0.395 e. The molecule has 0 aliphatic carbocycles. The van der Waals surface area contributed by atoms with Crippen molar-refractivity contribution >= 4 is 46.1 Å². The zero-order chi connectivity index (χ0) is 15.2. The van der Waals surface area contributed by atoms with Gasteiger partial charge in [0.05, 0.1) is 22.3 Å². The molecule has 6 heteroatoms. The molecule has 0 unspecified atom stereocenters. The van der Waals surface area contributed by atoms with Crippen LogP contribution in [-0.2, 0) is 0 Å². The summed E-state index contributed by atoms with van der Waals surface area (Å²) < 4.78 is 0. The van der Waals surface area contributed by atoms with E-state index < -0.39 is 0 Å². The van der Waals surface area contributed by atoms with Crippen molar-refractivity contribution in [1.82, 2.24) is 0 Å². The second-order valence-electron chi connectivity index (χ2n) is 4.02. The van der Waals surface area contributed by atoms with Gasteiger partial charge in [0.15, 0.2) is 0 Å². The van der Waals surface area contributed by atoms with Crippen LogP contribution in [0.1, 0.15) is 21.7 Å². The minimum absolute atomic E-state index is 0.0149. The van der Waals surface area contributed by atoms with Gasteiger partial charge in [-0.05, 0) is 29.6 Å². The summed E-state index contributed by atoms with van der Waals surface area (Å²) in [5.41, 5.74) is 1.18. The Bertz CT molecular complexity index is 716. The van der Waals surface area contributed by atoms with Gasteiger partial charge >= 0.3 is 0 Å². The fraction of sp³-hybridized carbons (Fsp3) is 0.133. The van der Waals surface area contributed by atoms with Gasteiger partial charge in [-0.2, -0.15) is 0 Å². The predicted octanol–water partition coefficient (Wildman–Crippen LogP) is 4.04. The molecule has 0 radical (unpaired) electrons. The minimum atomic E-state index is -0.308. The van der Waals surface area contributed by atoms with Crippen molar-refractivity contribution in [2.24, 2.45) is 0 Å². The summed E-state index contributed by atoms with van der Waals surface area (Å²) in [4.78, 5) is 12.5. The van der Waals surface area contributed by atoms with E-state index in [-0.39, 0.29) is 12.5 Å². The summed E-state index contributed by atoms with van der Waals surface area (Å²) in [7, 11) is 0. The molecule has 1 amide bonds. The second kappa shape index (κ2) is 7.48. The van der Waals surface area contributed by atoms with Crippen LogP contribution in [0, 0.1) is 11.8 Å².